The summed E-state index contributed by atoms with van der Waals surface area (Å²) < 4.78 is 1.02. The molecule has 0 aliphatic heterocycles. The first-order chi connectivity index (χ1) is 7.75. The zero-order valence-electron chi connectivity index (χ0n) is 8.56. The molecule has 0 saturated heterocycles. The molecule has 0 atom stereocenters. The Balaban J connectivity index is 2.11. The highest BCUT2D eigenvalue weighted by Crippen LogP contribution is 2.12. The maximum atomic E-state index is 11.8. The van der Waals surface area contributed by atoms with Crippen molar-refractivity contribution in [2.45, 2.75) is 6.42 Å². The van der Waals surface area contributed by atoms with E-state index in [2.05, 4.69) is 20.9 Å². The first kappa shape index (κ1) is 11.0. The van der Waals surface area contributed by atoms with Gasteiger partial charge in [-0.15, -0.1) is 0 Å². The Labute approximate surface area is 102 Å². The number of benzene rings is 1. The highest BCUT2D eigenvalue weighted by molar-refractivity contribution is 9.10. The van der Waals surface area contributed by atoms with Crippen LogP contribution in [-0.2, 0) is 6.42 Å². The number of aromatic nitrogens is 1. The molecular formula is C13H10BrNO. The molecule has 0 saturated carbocycles. The Morgan fingerprint density at radius 2 is 1.88 bits per heavy atom. The van der Waals surface area contributed by atoms with Gasteiger partial charge in [-0.05, 0) is 29.8 Å². The van der Waals surface area contributed by atoms with Gasteiger partial charge >= 0.3 is 0 Å². The number of carbonyl (C=O) groups is 1. The highest BCUT2D eigenvalue weighted by Gasteiger charge is 2.07. The number of Topliss-reactive ketones (excluding diaryl/α,β-unsaturated/α-hetero) is 1. The second-order valence-corrected chi connectivity index (χ2v) is 4.36. The van der Waals surface area contributed by atoms with Crippen LogP contribution in [0.1, 0.15) is 16.1 Å². The van der Waals surface area contributed by atoms with E-state index >= 15 is 0 Å². The Morgan fingerprint density at radius 1 is 1.12 bits per heavy atom. The molecule has 0 radical (unpaired) electrons. The van der Waals surface area contributed by atoms with Gasteiger partial charge in [-0.1, -0.05) is 34.1 Å². The van der Waals surface area contributed by atoms with Crippen LogP contribution in [0.5, 0.6) is 0 Å². The molecule has 0 N–H and O–H groups in total. The lowest BCUT2D eigenvalue weighted by Gasteiger charge is -2.00. The van der Waals surface area contributed by atoms with Crippen LogP contribution in [0.25, 0.3) is 0 Å². The number of hydrogen-bond acceptors (Lipinski definition) is 2. The minimum absolute atomic E-state index is 0.0444. The first-order valence-electron chi connectivity index (χ1n) is 4.94. The van der Waals surface area contributed by atoms with Crippen molar-refractivity contribution in [1.82, 2.24) is 4.98 Å². The van der Waals surface area contributed by atoms with Crippen molar-refractivity contribution in [3.63, 3.8) is 0 Å². The summed E-state index contributed by atoms with van der Waals surface area (Å²) in [5, 5.41) is 0. The van der Waals surface area contributed by atoms with Crippen molar-refractivity contribution in [3.8, 4) is 0 Å². The SMILES string of the molecule is O=C(Cc1ccc(Br)cc1)c1ccccn1. The molecule has 2 aromatic rings. The molecular weight excluding hydrogens is 266 g/mol. The van der Waals surface area contributed by atoms with Crippen molar-refractivity contribution in [1.29, 1.82) is 0 Å². The lowest BCUT2D eigenvalue weighted by molar-refractivity contribution is 0.0988. The maximum Gasteiger partial charge on any atom is 0.185 e. The molecule has 0 fully saturated rings. The topological polar surface area (TPSA) is 30.0 Å². The molecule has 1 heterocycles. The summed E-state index contributed by atoms with van der Waals surface area (Å²) in [5.74, 6) is 0.0444. The summed E-state index contributed by atoms with van der Waals surface area (Å²) in [6.45, 7) is 0. The second kappa shape index (κ2) is 5.03. The van der Waals surface area contributed by atoms with Gasteiger partial charge in [-0.2, -0.15) is 0 Å². The van der Waals surface area contributed by atoms with Gasteiger partial charge in [-0.3, -0.25) is 9.78 Å². The van der Waals surface area contributed by atoms with Gasteiger partial charge in [-0.25, -0.2) is 0 Å². The Morgan fingerprint density at radius 3 is 2.50 bits per heavy atom. The fourth-order valence-electron chi connectivity index (χ4n) is 1.41. The van der Waals surface area contributed by atoms with E-state index in [0.717, 1.165) is 10.0 Å². The summed E-state index contributed by atoms with van der Waals surface area (Å²) in [5.41, 5.74) is 1.52. The van der Waals surface area contributed by atoms with Gasteiger partial charge in [0.05, 0.1) is 0 Å². The van der Waals surface area contributed by atoms with E-state index in [1.165, 1.54) is 0 Å². The van der Waals surface area contributed by atoms with E-state index in [1.807, 2.05) is 30.3 Å². The molecule has 0 spiro atoms. The largest absolute Gasteiger partial charge is 0.292 e. The average molecular weight is 276 g/mol. The first-order valence-corrected chi connectivity index (χ1v) is 5.74. The predicted octanol–water partition coefficient (Wildman–Crippen LogP) is 3.27. The van der Waals surface area contributed by atoms with Crippen molar-refractivity contribution < 1.29 is 4.79 Å². The number of pyridine rings is 1. The minimum Gasteiger partial charge on any atom is -0.292 e. The molecule has 2 rings (SSSR count). The van der Waals surface area contributed by atoms with Crippen molar-refractivity contribution in [2.24, 2.45) is 0 Å². The fourth-order valence-corrected chi connectivity index (χ4v) is 1.67. The van der Waals surface area contributed by atoms with E-state index < -0.39 is 0 Å². The molecule has 0 amide bonds. The normalized spacial score (nSPS) is 10.1. The molecule has 1 aromatic heterocycles. The summed E-state index contributed by atoms with van der Waals surface area (Å²) >= 11 is 3.36. The van der Waals surface area contributed by atoms with Crippen LogP contribution in [0.15, 0.2) is 53.1 Å². The second-order valence-electron chi connectivity index (χ2n) is 3.44. The van der Waals surface area contributed by atoms with E-state index in [0.29, 0.717) is 12.1 Å². The van der Waals surface area contributed by atoms with Crippen molar-refractivity contribution >= 4 is 21.7 Å². The third-order valence-corrected chi connectivity index (χ3v) is 2.76. The number of rotatable bonds is 3. The summed E-state index contributed by atoms with van der Waals surface area (Å²) in [6, 6.07) is 13.1. The van der Waals surface area contributed by atoms with Crippen LogP contribution < -0.4 is 0 Å². The van der Waals surface area contributed by atoms with E-state index in [1.54, 1.807) is 18.3 Å². The Hall–Kier alpha value is -1.48. The third kappa shape index (κ3) is 2.76. The van der Waals surface area contributed by atoms with Crippen LogP contribution in [0.3, 0.4) is 0 Å². The number of hydrogen-bond donors (Lipinski definition) is 0. The summed E-state index contributed by atoms with van der Waals surface area (Å²) in [6.07, 6.45) is 2.03. The maximum absolute atomic E-state index is 11.8. The smallest absolute Gasteiger partial charge is 0.185 e. The van der Waals surface area contributed by atoms with Crippen molar-refractivity contribution in [2.75, 3.05) is 0 Å². The third-order valence-electron chi connectivity index (χ3n) is 2.23. The van der Waals surface area contributed by atoms with E-state index in [4.69, 9.17) is 0 Å². The van der Waals surface area contributed by atoms with Gasteiger partial charge in [0.15, 0.2) is 5.78 Å². The number of ketones is 1. The molecule has 0 aliphatic carbocycles. The van der Waals surface area contributed by atoms with Crippen LogP contribution >= 0.6 is 15.9 Å². The minimum atomic E-state index is 0.0444. The molecule has 0 unspecified atom stereocenters. The predicted molar refractivity (Wildman–Crippen MR) is 66.4 cm³/mol. The van der Waals surface area contributed by atoms with Gasteiger partial charge in [0.2, 0.25) is 0 Å². The van der Waals surface area contributed by atoms with Gasteiger partial charge in [0.1, 0.15) is 5.69 Å². The average Bonchev–Trinajstić information content (AvgIpc) is 2.33. The van der Waals surface area contributed by atoms with E-state index in [9.17, 15) is 4.79 Å². The van der Waals surface area contributed by atoms with Crippen LogP contribution in [0.2, 0.25) is 0 Å². The Bertz CT molecular complexity index is 479. The molecule has 16 heavy (non-hydrogen) atoms. The molecule has 0 bridgehead atoms. The molecule has 3 heteroatoms. The number of carbonyl (C=O) groups excluding carboxylic acids is 1. The van der Waals surface area contributed by atoms with Gasteiger partial charge < -0.3 is 0 Å². The molecule has 2 nitrogen and oxygen atoms in total. The lowest BCUT2D eigenvalue weighted by Crippen LogP contribution is -2.05. The molecule has 80 valence electrons. The van der Waals surface area contributed by atoms with Crippen LogP contribution in [0.4, 0.5) is 0 Å². The lowest BCUT2D eigenvalue weighted by atomic mass is 10.1. The zero-order valence-corrected chi connectivity index (χ0v) is 10.1. The zero-order chi connectivity index (χ0) is 11.4. The van der Waals surface area contributed by atoms with Crippen LogP contribution in [0, 0.1) is 0 Å². The number of halogens is 1. The van der Waals surface area contributed by atoms with Crippen LogP contribution in [-0.4, -0.2) is 10.8 Å². The quantitative estimate of drug-likeness (QED) is 0.805. The molecule has 1 aromatic carbocycles. The number of nitrogens with zero attached hydrogens (tertiary/aromatic N) is 1. The molecule has 0 aliphatic rings. The fraction of sp³-hybridized carbons (Fsp3) is 0.0769. The highest BCUT2D eigenvalue weighted by atomic mass is 79.9. The monoisotopic (exact) mass is 275 g/mol. The van der Waals surface area contributed by atoms with Gasteiger partial charge in [0.25, 0.3) is 0 Å². The summed E-state index contributed by atoms with van der Waals surface area (Å²) in [4.78, 5) is 15.9. The van der Waals surface area contributed by atoms with E-state index in [-0.39, 0.29) is 5.78 Å². The summed E-state index contributed by atoms with van der Waals surface area (Å²) in [7, 11) is 0. The Kier molecular flexibility index (Phi) is 3.47. The standard InChI is InChI=1S/C13H10BrNO/c14-11-6-4-10(5-7-11)9-13(16)12-3-1-2-8-15-12/h1-8H,9H2. The van der Waals surface area contributed by atoms with Crippen molar-refractivity contribution in [3.05, 3.63) is 64.4 Å². The van der Waals surface area contributed by atoms with Gasteiger partial charge in [0, 0.05) is 17.1 Å².